The van der Waals surface area contributed by atoms with Crippen LogP contribution in [0.25, 0.3) is 11.0 Å². The Morgan fingerprint density at radius 3 is 3.00 bits per heavy atom. The Labute approximate surface area is 113 Å². The maximum Gasteiger partial charge on any atom is 0.319 e. The molecule has 0 N–H and O–H groups in total. The Morgan fingerprint density at radius 1 is 1.50 bits per heavy atom. The van der Waals surface area contributed by atoms with E-state index in [0.717, 1.165) is 4.43 Å². The molecule has 1 aliphatic rings. The van der Waals surface area contributed by atoms with Crippen molar-refractivity contribution in [2.75, 3.05) is 10.2 Å². The lowest BCUT2D eigenvalue weighted by atomic mass is 10.1. The first-order valence-corrected chi connectivity index (χ1v) is 7.87. The molecule has 1 aromatic heterocycles. The number of nitrogens with zero attached hydrogens (tertiary/aromatic N) is 2. The van der Waals surface area contributed by atoms with Gasteiger partial charge in [-0.05, 0) is 30.8 Å². The maximum atomic E-state index is 2.51. The van der Waals surface area contributed by atoms with Crippen LogP contribution in [-0.2, 0) is 12.6 Å². The zero-order chi connectivity index (χ0) is 11.3. The summed E-state index contributed by atoms with van der Waals surface area (Å²) in [6, 6.07) is 8.68. The lowest BCUT2D eigenvalue weighted by Gasteiger charge is -2.17. The second-order valence-corrected chi connectivity index (χ2v) is 6.29. The molecule has 16 heavy (non-hydrogen) atoms. The molecule has 0 spiro atoms. The fraction of sp³-hybridized carbons (Fsp3) is 0.417. The molecule has 0 fully saturated rings. The fourth-order valence-electron chi connectivity index (χ4n) is 2.36. The van der Waals surface area contributed by atoms with E-state index in [4.69, 9.17) is 0 Å². The molecule has 1 aromatic carbocycles. The molecule has 4 heteroatoms. The summed E-state index contributed by atoms with van der Waals surface area (Å²) in [7, 11) is 2.17. The lowest BCUT2D eigenvalue weighted by Crippen LogP contribution is -2.32. The van der Waals surface area contributed by atoms with E-state index in [9.17, 15) is 0 Å². The van der Waals surface area contributed by atoms with Crippen LogP contribution in [0.15, 0.2) is 29.4 Å². The normalized spacial score (nSPS) is 23.9. The van der Waals surface area contributed by atoms with Gasteiger partial charge >= 0.3 is 5.16 Å². The third kappa shape index (κ3) is 1.29. The van der Waals surface area contributed by atoms with Gasteiger partial charge in [-0.1, -0.05) is 34.7 Å². The summed E-state index contributed by atoms with van der Waals surface area (Å²) < 4.78 is 5.99. The Hall–Kier alpha value is -0.230. The first-order valence-electron chi connectivity index (χ1n) is 5.36. The number of aromatic nitrogens is 2. The fourth-order valence-corrected chi connectivity index (χ4v) is 4.75. The van der Waals surface area contributed by atoms with Crippen LogP contribution < -0.4 is 4.57 Å². The molecule has 3 rings (SSSR count). The van der Waals surface area contributed by atoms with Gasteiger partial charge in [0.1, 0.15) is 5.54 Å². The van der Waals surface area contributed by atoms with Crippen molar-refractivity contribution in [3.05, 3.63) is 24.3 Å². The van der Waals surface area contributed by atoms with Gasteiger partial charge in [0.2, 0.25) is 0 Å². The van der Waals surface area contributed by atoms with Crippen LogP contribution in [-0.4, -0.2) is 14.7 Å². The molecule has 2 nitrogen and oxygen atoms in total. The van der Waals surface area contributed by atoms with Gasteiger partial charge < -0.3 is 0 Å². The molecule has 0 saturated carbocycles. The van der Waals surface area contributed by atoms with Crippen LogP contribution in [0.1, 0.15) is 6.92 Å². The van der Waals surface area contributed by atoms with Crippen molar-refractivity contribution in [2.24, 2.45) is 7.05 Å². The highest BCUT2D eigenvalue weighted by Gasteiger charge is 2.44. The SMILES string of the molecule is C[n+]1c2n(c3ccccc31)[C@](C)(CI)CS2. The van der Waals surface area contributed by atoms with E-state index in [1.165, 1.54) is 21.9 Å². The van der Waals surface area contributed by atoms with Crippen molar-refractivity contribution in [2.45, 2.75) is 17.6 Å². The van der Waals surface area contributed by atoms with Crippen LogP contribution >= 0.6 is 34.4 Å². The Kier molecular flexibility index (Phi) is 2.47. The molecule has 0 aliphatic carbocycles. The van der Waals surface area contributed by atoms with E-state index >= 15 is 0 Å². The number of fused-ring (bicyclic) bond motifs is 3. The largest absolute Gasteiger partial charge is 0.319 e. The van der Waals surface area contributed by atoms with Crippen LogP contribution in [0.2, 0.25) is 0 Å². The van der Waals surface area contributed by atoms with E-state index < -0.39 is 0 Å². The molecule has 0 bridgehead atoms. The average Bonchev–Trinajstić information content (AvgIpc) is 2.80. The van der Waals surface area contributed by atoms with Crippen LogP contribution in [0, 0.1) is 0 Å². The molecule has 84 valence electrons. The number of halogens is 1. The highest BCUT2D eigenvalue weighted by atomic mass is 127. The maximum absolute atomic E-state index is 2.51. The third-order valence-corrected chi connectivity index (χ3v) is 6.43. The average molecular weight is 345 g/mol. The summed E-state index contributed by atoms with van der Waals surface area (Å²) in [5, 5.41) is 1.39. The molecule has 0 unspecified atom stereocenters. The van der Waals surface area contributed by atoms with Gasteiger partial charge in [-0.15, -0.1) is 0 Å². The van der Waals surface area contributed by atoms with Crippen molar-refractivity contribution in [3.63, 3.8) is 0 Å². The van der Waals surface area contributed by atoms with Gasteiger partial charge in [-0.2, -0.15) is 0 Å². The quantitative estimate of drug-likeness (QED) is 0.439. The van der Waals surface area contributed by atoms with E-state index in [-0.39, 0.29) is 5.54 Å². The number of para-hydroxylation sites is 2. The topological polar surface area (TPSA) is 8.81 Å². The van der Waals surface area contributed by atoms with E-state index in [0.29, 0.717) is 0 Å². The number of hydrogen-bond donors (Lipinski definition) is 0. The van der Waals surface area contributed by atoms with Gasteiger partial charge in [0.05, 0.1) is 7.05 Å². The zero-order valence-corrected chi connectivity index (χ0v) is 12.4. The van der Waals surface area contributed by atoms with E-state index in [1.54, 1.807) is 0 Å². The minimum Gasteiger partial charge on any atom is -0.220 e. The van der Waals surface area contributed by atoms with E-state index in [1.807, 2.05) is 11.8 Å². The molecule has 0 saturated heterocycles. The molecular formula is C12H14IN2S+. The highest BCUT2D eigenvalue weighted by molar-refractivity contribution is 14.1. The Morgan fingerprint density at radius 2 is 2.25 bits per heavy atom. The van der Waals surface area contributed by atoms with Crippen molar-refractivity contribution in [1.82, 2.24) is 4.57 Å². The number of aryl methyl sites for hydroxylation is 1. The van der Waals surface area contributed by atoms with Crippen molar-refractivity contribution >= 4 is 45.4 Å². The molecular weight excluding hydrogens is 331 g/mol. The summed E-state index contributed by atoms with van der Waals surface area (Å²) in [6.07, 6.45) is 0. The summed E-state index contributed by atoms with van der Waals surface area (Å²) >= 11 is 4.47. The lowest BCUT2D eigenvalue weighted by molar-refractivity contribution is -0.685. The van der Waals surface area contributed by atoms with Crippen LogP contribution in [0.5, 0.6) is 0 Å². The van der Waals surface area contributed by atoms with Crippen LogP contribution in [0.4, 0.5) is 0 Å². The van der Waals surface area contributed by atoms with Crippen molar-refractivity contribution in [1.29, 1.82) is 0 Å². The second kappa shape index (κ2) is 3.63. The standard InChI is InChI=1S/C12H14IN2S/c1-12(7-13)8-16-11-14(2)9-5-3-4-6-10(9)15(11)12/h3-6H,7-8H2,1-2H3/q+1/t12-/m1/s1. The number of alkyl halides is 1. The molecule has 0 amide bonds. The number of thioether (sulfide) groups is 1. The molecule has 1 atom stereocenters. The van der Waals surface area contributed by atoms with Gasteiger partial charge in [0.25, 0.3) is 0 Å². The second-order valence-electron chi connectivity index (χ2n) is 4.58. The monoisotopic (exact) mass is 345 g/mol. The first-order chi connectivity index (χ1) is 7.67. The molecule has 1 aliphatic heterocycles. The van der Waals surface area contributed by atoms with Crippen molar-refractivity contribution < 1.29 is 4.57 Å². The minimum absolute atomic E-state index is 0.265. The highest BCUT2D eigenvalue weighted by Crippen LogP contribution is 2.40. The Balaban J connectivity index is 2.40. The summed E-state index contributed by atoms with van der Waals surface area (Å²) in [5.41, 5.74) is 2.96. The predicted molar refractivity (Wildman–Crippen MR) is 76.4 cm³/mol. The van der Waals surface area contributed by atoms with Gasteiger partial charge in [0, 0.05) is 10.2 Å². The summed E-state index contributed by atoms with van der Waals surface area (Å²) in [4.78, 5) is 0. The summed E-state index contributed by atoms with van der Waals surface area (Å²) in [5.74, 6) is 1.18. The van der Waals surface area contributed by atoms with Gasteiger partial charge in [0.15, 0.2) is 11.0 Å². The smallest absolute Gasteiger partial charge is 0.220 e. The predicted octanol–water partition coefficient (Wildman–Crippen LogP) is 2.72. The zero-order valence-electron chi connectivity index (χ0n) is 9.40. The van der Waals surface area contributed by atoms with Gasteiger partial charge in [-0.3, -0.25) is 0 Å². The number of rotatable bonds is 1. The summed E-state index contributed by atoms with van der Waals surface area (Å²) in [6.45, 7) is 2.36. The van der Waals surface area contributed by atoms with Crippen molar-refractivity contribution in [3.8, 4) is 0 Å². The number of benzene rings is 1. The van der Waals surface area contributed by atoms with Crippen LogP contribution in [0.3, 0.4) is 0 Å². The number of imidazole rings is 1. The first kappa shape index (κ1) is 10.9. The minimum atomic E-state index is 0.265. The van der Waals surface area contributed by atoms with Gasteiger partial charge in [-0.25, -0.2) is 9.13 Å². The molecule has 0 radical (unpaired) electrons. The number of hydrogen-bond acceptors (Lipinski definition) is 1. The Bertz CT molecular complexity index is 563. The molecule has 2 aromatic rings. The van der Waals surface area contributed by atoms with E-state index in [2.05, 4.69) is 70.0 Å². The molecule has 2 heterocycles. The third-order valence-electron chi connectivity index (χ3n) is 3.30.